The molecule has 8 nitrogen and oxygen atoms in total. The van der Waals surface area contributed by atoms with Crippen molar-refractivity contribution in [1.29, 1.82) is 0 Å². The lowest BCUT2D eigenvalue weighted by Crippen LogP contribution is -2.10. The molecule has 0 amide bonds. The Hall–Kier alpha value is -2.64. The largest absolute Gasteiger partial charge is 0.465 e. The van der Waals surface area contributed by atoms with Gasteiger partial charge in [0.1, 0.15) is 11.4 Å². The molecule has 2 aromatic heterocycles. The van der Waals surface area contributed by atoms with E-state index < -0.39 is 5.97 Å². The fraction of sp³-hybridized carbons (Fsp3) is 0.385. The molecule has 0 atom stereocenters. The van der Waals surface area contributed by atoms with Crippen LogP contribution in [0.15, 0.2) is 18.5 Å². The molecule has 0 aliphatic heterocycles. The van der Waals surface area contributed by atoms with E-state index in [-0.39, 0.29) is 11.4 Å². The minimum absolute atomic E-state index is 0.145. The Balaban J connectivity index is 2.41. The van der Waals surface area contributed by atoms with E-state index in [0.29, 0.717) is 18.3 Å². The summed E-state index contributed by atoms with van der Waals surface area (Å²) in [5, 5.41) is 7.37. The second kappa shape index (κ2) is 6.69. The molecule has 112 valence electrons. The monoisotopic (exact) mass is 290 g/mol. The number of nitrogens with zero attached hydrogens (tertiary/aromatic N) is 4. The summed E-state index contributed by atoms with van der Waals surface area (Å²) in [6, 6.07) is 1.69. The van der Waals surface area contributed by atoms with Gasteiger partial charge in [-0.25, -0.2) is 14.8 Å². The number of nitrogen functional groups attached to an aromatic ring is 1. The van der Waals surface area contributed by atoms with Gasteiger partial charge in [-0.3, -0.25) is 0 Å². The van der Waals surface area contributed by atoms with Crippen LogP contribution >= 0.6 is 0 Å². The first-order valence-electron chi connectivity index (χ1n) is 6.67. The predicted molar refractivity (Wildman–Crippen MR) is 78.3 cm³/mol. The number of esters is 1. The van der Waals surface area contributed by atoms with Crippen molar-refractivity contribution in [3.8, 4) is 5.95 Å². The molecule has 0 aromatic carbocycles. The van der Waals surface area contributed by atoms with Crippen molar-refractivity contribution in [1.82, 2.24) is 19.7 Å². The van der Waals surface area contributed by atoms with Crippen LogP contribution in [-0.4, -0.2) is 39.4 Å². The van der Waals surface area contributed by atoms with E-state index in [2.05, 4.69) is 27.3 Å². The minimum atomic E-state index is -0.548. The normalized spacial score (nSPS) is 10.4. The van der Waals surface area contributed by atoms with E-state index in [0.717, 1.165) is 12.8 Å². The van der Waals surface area contributed by atoms with Crippen molar-refractivity contribution in [3.05, 3.63) is 24.0 Å². The lowest BCUT2D eigenvalue weighted by atomic mass is 10.3. The Morgan fingerprint density at radius 3 is 2.76 bits per heavy atom. The van der Waals surface area contributed by atoms with Gasteiger partial charge in [-0.1, -0.05) is 13.3 Å². The maximum atomic E-state index is 11.9. The maximum absolute atomic E-state index is 11.9. The Kier molecular flexibility index (Phi) is 4.70. The molecule has 0 unspecified atom stereocenters. The molecule has 3 N–H and O–H groups in total. The zero-order valence-electron chi connectivity index (χ0n) is 12.0. The molecule has 0 saturated carbocycles. The van der Waals surface area contributed by atoms with Crippen LogP contribution < -0.4 is 11.1 Å². The van der Waals surface area contributed by atoms with Gasteiger partial charge >= 0.3 is 5.97 Å². The number of rotatable bonds is 6. The fourth-order valence-electron chi connectivity index (χ4n) is 1.79. The number of aromatic nitrogens is 4. The summed E-state index contributed by atoms with van der Waals surface area (Å²) in [6.07, 6.45) is 5.13. The lowest BCUT2D eigenvalue weighted by Gasteiger charge is -2.03. The smallest absolute Gasteiger partial charge is 0.345 e. The van der Waals surface area contributed by atoms with E-state index in [9.17, 15) is 4.79 Å². The number of nitrogens with two attached hydrogens (primary N) is 1. The van der Waals surface area contributed by atoms with Gasteiger partial charge in [0, 0.05) is 18.9 Å². The van der Waals surface area contributed by atoms with Crippen LogP contribution in [-0.2, 0) is 4.74 Å². The summed E-state index contributed by atoms with van der Waals surface area (Å²) >= 11 is 0. The average Bonchev–Trinajstić information content (AvgIpc) is 2.84. The number of hydrogen-bond acceptors (Lipinski definition) is 7. The highest BCUT2D eigenvalue weighted by atomic mass is 16.5. The third-order valence-electron chi connectivity index (χ3n) is 2.88. The number of carbonyl (C=O) groups excluding carboxylic acids is 1. The summed E-state index contributed by atoms with van der Waals surface area (Å²) in [7, 11) is 1.30. The maximum Gasteiger partial charge on any atom is 0.345 e. The van der Waals surface area contributed by atoms with Crippen LogP contribution in [0.5, 0.6) is 0 Å². The second-order valence-electron chi connectivity index (χ2n) is 4.34. The molecular weight excluding hydrogens is 272 g/mol. The SMILES string of the molecule is CCCCNc1nn(-c2ncccn2)c(N)c1C(=O)OC. The third-order valence-corrected chi connectivity index (χ3v) is 2.88. The van der Waals surface area contributed by atoms with Crippen LogP contribution in [0.1, 0.15) is 30.1 Å². The van der Waals surface area contributed by atoms with Crippen LogP contribution in [0.2, 0.25) is 0 Å². The second-order valence-corrected chi connectivity index (χ2v) is 4.34. The van der Waals surface area contributed by atoms with Crippen LogP contribution in [0, 0.1) is 0 Å². The zero-order chi connectivity index (χ0) is 15.2. The third kappa shape index (κ3) is 3.10. The topological polar surface area (TPSA) is 108 Å². The predicted octanol–water partition coefficient (Wildman–Crippen LogP) is 1.24. The van der Waals surface area contributed by atoms with Crippen molar-refractivity contribution < 1.29 is 9.53 Å². The van der Waals surface area contributed by atoms with Crippen molar-refractivity contribution in [2.24, 2.45) is 0 Å². The van der Waals surface area contributed by atoms with Crippen molar-refractivity contribution in [2.45, 2.75) is 19.8 Å². The lowest BCUT2D eigenvalue weighted by molar-refractivity contribution is 0.0603. The Bertz CT molecular complexity index is 611. The minimum Gasteiger partial charge on any atom is -0.465 e. The zero-order valence-corrected chi connectivity index (χ0v) is 12.0. The molecule has 2 aromatic rings. The molecule has 21 heavy (non-hydrogen) atoms. The summed E-state index contributed by atoms with van der Waals surface area (Å²) < 4.78 is 6.08. The highest BCUT2D eigenvalue weighted by Gasteiger charge is 2.24. The van der Waals surface area contributed by atoms with E-state index in [1.807, 2.05) is 0 Å². The number of anilines is 2. The molecule has 0 aliphatic carbocycles. The highest BCUT2D eigenvalue weighted by Crippen LogP contribution is 2.24. The van der Waals surface area contributed by atoms with Crippen LogP contribution in [0.25, 0.3) is 5.95 Å². The quantitative estimate of drug-likeness (QED) is 0.608. The van der Waals surface area contributed by atoms with Gasteiger partial charge in [-0.05, 0) is 12.5 Å². The first kappa shape index (κ1) is 14.8. The van der Waals surface area contributed by atoms with Gasteiger partial charge in [-0.2, -0.15) is 4.68 Å². The number of hydrogen-bond donors (Lipinski definition) is 2. The number of methoxy groups -OCH3 is 1. The first-order chi connectivity index (χ1) is 10.2. The standard InChI is InChI=1S/C13H18N6O2/c1-3-4-6-15-11-9(12(20)21-2)10(14)19(18-11)13-16-7-5-8-17-13/h5,7-8H,3-4,6,14H2,1-2H3,(H,15,18). The van der Waals surface area contributed by atoms with E-state index in [1.165, 1.54) is 11.8 Å². The van der Waals surface area contributed by atoms with E-state index in [4.69, 9.17) is 10.5 Å². The Morgan fingerprint density at radius 1 is 1.43 bits per heavy atom. The van der Waals surface area contributed by atoms with Crippen LogP contribution in [0.3, 0.4) is 0 Å². The summed E-state index contributed by atoms with van der Waals surface area (Å²) in [4.78, 5) is 20.0. The van der Waals surface area contributed by atoms with Gasteiger partial charge in [0.15, 0.2) is 5.82 Å². The Morgan fingerprint density at radius 2 is 2.14 bits per heavy atom. The van der Waals surface area contributed by atoms with Crippen LogP contribution in [0.4, 0.5) is 11.6 Å². The highest BCUT2D eigenvalue weighted by molar-refractivity contribution is 5.99. The summed E-state index contributed by atoms with van der Waals surface area (Å²) in [6.45, 7) is 2.76. The Labute approximate surface area is 122 Å². The molecule has 8 heteroatoms. The molecule has 0 radical (unpaired) electrons. The molecule has 0 fully saturated rings. The number of unbranched alkanes of at least 4 members (excludes halogenated alkanes) is 1. The molecule has 0 spiro atoms. The number of nitrogens with one attached hydrogen (secondary N) is 1. The van der Waals surface area contributed by atoms with Gasteiger partial charge in [0.2, 0.25) is 0 Å². The summed E-state index contributed by atoms with van der Waals surface area (Å²) in [5.74, 6) is 0.268. The molecule has 2 rings (SSSR count). The van der Waals surface area contributed by atoms with Gasteiger partial charge in [0.25, 0.3) is 5.95 Å². The number of ether oxygens (including phenoxy) is 1. The average molecular weight is 290 g/mol. The summed E-state index contributed by atoms with van der Waals surface area (Å²) in [5.41, 5.74) is 6.19. The molecular formula is C13H18N6O2. The van der Waals surface area contributed by atoms with Crippen molar-refractivity contribution in [3.63, 3.8) is 0 Å². The first-order valence-corrected chi connectivity index (χ1v) is 6.67. The number of carbonyl (C=O) groups is 1. The van der Waals surface area contributed by atoms with Gasteiger partial charge in [0.05, 0.1) is 7.11 Å². The molecule has 2 heterocycles. The van der Waals surface area contributed by atoms with Gasteiger partial charge in [-0.15, -0.1) is 5.10 Å². The van der Waals surface area contributed by atoms with Crippen molar-refractivity contribution >= 4 is 17.6 Å². The molecule has 0 bridgehead atoms. The van der Waals surface area contributed by atoms with E-state index >= 15 is 0 Å². The van der Waals surface area contributed by atoms with E-state index in [1.54, 1.807) is 18.5 Å². The fourth-order valence-corrected chi connectivity index (χ4v) is 1.79. The molecule has 0 aliphatic rings. The molecule has 0 saturated heterocycles. The van der Waals surface area contributed by atoms with Gasteiger partial charge < -0.3 is 15.8 Å². The van der Waals surface area contributed by atoms with Crippen molar-refractivity contribution in [2.75, 3.05) is 24.7 Å².